The van der Waals surface area contributed by atoms with Crippen molar-refractivity contribution in [2.24, 2.45) is 0 Å². The average Bonchev–Trinajstić information content (AvgIpc) is 3.04. The van der Waals surface area contributed by atoms with Crippen molar-refractivity contribution in [3.63, 3.8) is 0 Å². The van der Waals surface area contributed by atoms with Gasteiger partial charge < -0.3 is 9.30 Å². The summed E-state index contributed by atoms with van der Waals surface area (Å²) >= 11 is 1.53. The standard InChI is InChI=1S/C14H12N2O2S/c1-18-14(17)15-13-12(16-8-4-5-9-16)10-6-2-3-7-11(10)19-13/h2-9H,1H3,(H,15,17). The number of carbonyl (C=O) groups excluding carboxylic acids is 1. The molecule has 1 amide bonds. The van der Waals surface area contributed by atoms with Crippen LogP contribution in [0.15, 0.2) is 48.8 Å². The zero-order chi connectivity index (χ0) is 13.2. The summed E-state index contributed by atoms with van der Waals surface area (Å²) in [5, 5.41) is 4.66. The van der Waals surface area contributed by atoms with E-state index in [9.17, 15) is 4.79 Å². The highest BCUT2D eigenvalue weighted by molar-refractivity contribution is 7.23. The fraction of sp³-hybridized carbons (Fsp3) is 0.0714. The maximum absolute atomic E-state index is 11.4. The number of nitrogens with zero attached hydrogens (tertiary/aromatic N) is 1. The van der Waals surface area contributed by atoms with Gasteiger partial charge in [0.05, 0.1) is 12.8 Å². The largest absolute Gasteiger partial charge is 0.453 e. The summed E-state index contributed by atoms with van der Waals surface area (Å²) in [7, 11) is 1.36. The van der Waals surface area contributed by atoms with Gasteiger partial charge in [-0.2, -0.15) is 0 Å². The number of methoxy groups -OCH3 is 1. The van der Waals surface area contributed by atoms with Crippen LogP contribution in [0.1, 0.15) is 0 Å². The molecule has 0 saturated heterocycles. The van der Waals surface area contributed by atoms with E-state index in [1.165, 1.54) is 18.4 Å². The zero-order valence-electron chi connectivity index (χ0n) is 10.3. The molecule has 4 nitrogen and oxygen atoms in total. The highest BCUT2D eigenvalue weighted by atomic mass is 32.1. The Labute approximate surface area is 114 Å². The van der Waals surface area contributed by atoms with Crippen molar-refractivity contribution >= 4 is 32.5 Å². The Kier molecular flexibility index (Phi) is 2.97. The van der Waals surface area contributed by atoms with Gasteiger partial charge in [0.15, 0.2) is 0 Å². The van der Waals surface area contributed by atoms with Crippen LogP contribution in [0, 0.1) is 0 Å². The van der Waals surface area contributed by atoms with Gasteiger partial charge in [-0.15, -0.1) is 11.3 Å². The van der Waals surface area contributed by atoms with E-state index in [-0.39, 0.29) is 0 Å². The van der Waals surface area contributed by atoms with E-state index in [4.69, 9.17) is 0 Å². The molecule has 0 saturated carbocycles. The minimum Gasteiger partial charge on any atom is -0.453 e. The predicted molar refractivity (Wildman–Crippen MR) is 77.2 cm³/mol. The molecule has 0 bridgehead atoms. The quantitative estimate of drug-likeness (QED) is 0.769. The van der Waals surface area contributed by atoms with Crippen molar-refractivity contribution in [2.45, 2.75) is 0 Å². The molecule has 0 spiro atoms. The summed E-state index contributed by atoms with van der Waals surface area (Å²) in [4.78, 5) is 11.4. The third-order valence-electron chi connectivity index (χ3n) is 2.83. The van der Waals surface area contributed by atoms with Gasteiger partial charge in [-0.1, -0.05) is 18.2 Å². The molecule has 2 heterocycles. The molecule has 0 aliphatic carbocycles. The van der Waals surface area contributed by atoms with Gasteiger partial charge in [0.2, 0.25) is 0 Å². The van der Waals surface area contributed by atoms with E-state index in [1.807, 2.05) is 53.4 Å². The van der Waals surface area contributed by atoms with Crippen molar-refractivity contribution in [2.75, 3.05) is 12.4 Å². The van der Waals surface area contributed by atoms with Crippen molar-refractivity contribution in [3.05, 3.63) is 48.8 Å². The molecule has 0 radical (unpaired) electrons. The maximum Gasteiger partial charge on any atom is 0.412 e. The number of fused-ring (bicyclic) bond motifs is 1. The van der Waals surface area contributed by atoms with Crippen LogP contribution in [0.2, 0.25) is 0 Å². The Hall–Kier alpha value is -2.27. The second-order valence-electron chi connectivity index (χ2n) is 3.98. The highest BCUT2D eigenvalue weighted by Gasteiger charge is 2.15. The van der Waals surface area contributed by atoms with Crippen molar-refractivity contribution in [1.82, 2.24) is 4.57 Å². The number of rotatable bonds is 2. The minimum absolute atomic E-state index is 0.458. The van der Waals surface area contributed by atoms with Crippen LogP contribution in [0.4, 0.5) is 9.80 Å². The first-order valence-corrected chi connectivity index (χ1v) is 6.61. The maximum atomic E-state index is 11.4. The lowest BCUT2D eigenvalue weighted by Gasteiger charge is -2.06. The van der Waals surface area contributed by atoms with E-state index in [0.717, 1.165) is 20.8 Å². The first-order chi connectivity index (χ1) is 9.29. The van der Waals surface area contributed by atoms with Gasteiger partial charge in [0.1, 0.15) is 5.00 Å². The summed E-state index contributed by atoms with van der Waals surface area (Å²) in [6, 6.07) is 12.0. The Morgan fingerprint density at radius 3 is 2.68 bits per heavy atom. The molecule has 3 rings (SSSR count). The third-order valence-corrected chi connectivity index (χ3v) is 3.91. The molecular formula is C14H12N2O2S. The summed E-state index contributed by atoms with van der Waals surface area (Å²) in [5.74, 6) is 0. The fourth-order valence-corrected chi connectivity index (χ4v) is 3.09. The van der Waals surface area contributed by atoms with Gasteiger partial charge in [-0.25, -0.2) is 4.79 Å². The van der Waals surface area contributed by atoms with Gasteiger partial charge in [0, 0.05) is 22.5 Å². The molecule has 0 aliphatic heterocycles. The number of thiophene rings is 1. The molecular weight excluding hydrogens is 260 g/mol. The average molecular weight is 272 g/mol. The Morgan fingerprint density at radius 2 is 1.95 bits per heavy atom. The van der Waals surface area contributed by atoms with Crippen LogP contribution in [-0.4, -0.2) is 17.8 Å². The monoisotopic (exact) mass is 272 g/mol. The summed E-state index contributed by atoms with van der Waals surface area (Å²) < 4.78 is 7.78. The highest BCUT2D eigenvalue weighted by Crippen LogP contribution is 2.38. The van der Waals surface area contributed by atoms with Crippen LogP contribution in [-0.2, 0) is 4.74 Å². The summed E-state index contributed by atoms with van der Waals surface area (Å²) in [6.07, 6.45) is 3.45. The van der Waals surface area contributed by atoms with Crippen molar-refractivity contribution in [1.29, 1.82) is 0 Å². The normalized spacial score (nSPS) is 10.6. The van der Waals surface area contributed by atoms with Crippen LogP contribution < -0.4 is 5.32 Å². The molecule has 96 valence electrons. The fourth-order valence-electron chi connectivity index (χ4n) is 2.00. The van der Waals surface area contributed by atoms with E-state index in [2.05, 4.69) is 10.1 Å². The van der Waals surface area contributed by atoms with Gasteiger partial charge in [0.25, 0.3) is 0 Å². The molecule has 3 aromatic rings. The topological polar surface area (TPSA) is 43.3 Å². The van der Waals surface area contributed by atoms with Gasteiger partial charge >= 0.3 is 6.09 Å². The van der Waals surface area contributed by atoms with Gasteiger partial charge in [-0.3, -0.25) is 5.32 Å². The van der Waals surface area contributed by atoms with Crippen LogP contribution >= 0.6 is 11.3 Å². The molecule has 19 heavy (non-hydrogen) atoms. The first kappa shape index (κ1) is 11.8. The molecule has 0 fully saturated rings. The Bertz CT molecular complexity index is 716. The second-order valence-corrected chi connectivity index (χ2v) is 5.04. The lowest BCUT2D eigenvalue weighted by molar-refractivity contribution is 0.187. The van der Waals surface area contributed by atoms with E-state index < -0.39 is 6.09 Å². The van der Waals surface area contributed by atoms with Crippen molar-refractivity contribution in [3.8, 4) is 5.69 Å². The summed E-state index contributed by atoms with van der Waals surface area (Å²) in [5.41, 5.74) is 0.969. The molecule has 2 aromatic heterocycles. The van der Waals surface area contributed by atoms with E-state index >= 15 is 0 Å². The van der Waals surface area contributed by atoms with Crippen molar-refractivity contribution < 1.29 is 9.53 Å². The molecule has 5 heteroatoms. The molecule has 1 aromatic carbocycles. The van der Waals surface area contributed by atoms with E-state index in [0.29, 0.717) is 0 Å². The second kappa shape index (κ2) is 4.78. The van der Waals surface area contributed by atoms with Crippen LogP contribution in [0.5, 0.6) is 0 Å². The summed E-state index contributed by atoms with van der Waals surface area (Å²) in [6.45, 7) is 0. The number of anilines is 1. The SMILES string of the molecule is COC(=O)Nc1sc2ccccc2c1-n1cccc1. The molecule has 1 N–H and O–H groups in total. The van der Waals surface area contributed by atoms with Crippen LogP contribution in [0.25, 0.3) is 15.8 Å². The van der Waals surface area contributed by atoms with Crippen LogP contribution in [0.3, 0.4) is 0 Å². The Balaban J connectivity index is 2.20. The van der Waals surface area contributed by atoms with Gasteiger partial charge in [-0.05, 0) is 18.2 Å². The molecule has 0 aliphatic rings. The number of carbonyl (C=O) groups is 1. The zero-order valence-corrected chi connectivity index (χ0v) is 11.1. The number of amides is 1. The third kappa shape index (κ3) is 2.08. The smallest absolute Gasteiger partial charge is 0.412 e. The first-order valence-electron chi connectivity index (χ1n) is 5.79. The minimum atomic E-state index is -0.458. The lowest BCUT2D eigenvalue weighted by atomic mass is 10.2. The predicted octanol–water partition coefficient (Wildman–Crippen LogP) is 3.87. The molecule has 0 atom stereocenters. The lowest BCUT2D eigenvalue weighted by Crippen LogP contribution is -2.11. The number of benzene rings is 1. The molecule has 0 unspecified atom stereocenters. The number of ether oxygens (including phenoxy) is 1. The number of hydrogen-bond acceptors (Lipinski definition) is 3. The Morgan fingerprint density at radius 1 is 1.21 bits per heavy atom. The number of hydrogen-bond donors (Lipinski definition) is 1. The van der Waals surface area contributed by atoms with E-state index in [1.54, 1.807) is 0 Å². The number of aromatic nitrogens is 1. The number of nitrogens with one attached hydrogen (secondary N) is 1.